The lowest BCUT2D eigenvalue weighted by atomic mass is 9.98. The highest BCUT2D eigenvalue weighted by Crippen LogP contribution is 2.31. The molecule has 0 aromatic rings. The van der Waals surface area contributed by atoms with Crippen LogP contribution >= 0.6 is 0 Å². The van der Waals surface area contributed by atoms with Crippen molar-refractivity contribution < 1.29 is 4.74 Å². The summed E-state index contributed by atoms with van der Waals surface area (Å²) in [6.07, 6.45) is 4.30. The average molecular weight is 228 g/mol. The van der Waals surface area contributed by atoms with Crippen molar-refractivity contribution in [2.24, 2.45) is 11.8 Å². The molecule has 0 spiro atoms. The van der Waals surface area contributed by atoms with Gasteiger partial charge in [0.15, 0.2) is 0 Å². The molecule has 1 N–H and O–H groups in total. The highest BCUT2D eigenvalue weighted by Gasteiger charge is 2.23. The molecule has 3 nitrogen and oxygen atoms in total. The summed E-state index contributed by atoms with van der Waals surface area (Å²) in [4.78, 5) is 2.46. The van der Waals surface area contributed by atoms with Crippen molar-refractivity contribution in [2.75, 3.05) is 46.9 Å². The minimum absolute atomic E-state index is 0.809. The third-order valence-electron chi connectivity index (χ3n) is 3.74. The van der Waals surface area contributed by atoms with Gasteiger partial charge in [0.25, 0.3) is 0 Å². The molecule has 1 aliphatic rings. The van der Waals surface area contributed by atoms with E-state index in [-0.39, 0.29) is 0 Å². The average Bonchev–Trinajstić information content (AvgIpc) is 2.64. The molecule has 0 heterocycles. The van der Waals surface area contributed by atoms with Crippen LogP contribution in [0.5, 0.6) is 0 Å². The summed E-state index contributed by atoms with van der Waals surface area (Å²) >= 11 is 0. The molecule has 96 valence electrons. The van der Waals surface area contributed by atoms with E-state index in [9.17, 15) is 0 Å². The molecular weight excluding hydrogens is 200 g/mol. The van der Waals surface area contributed by atoms with E-state index >= 15 is 0 Å². The molecule has 0 bridgehead atoms. The molecule has 0 radical (unpaired) electrons. The Labute approximate surface area is 101 Å². The summed E-state index contributed by atoms with van der Waals surface area (Å²) in [5, 5.41) is 3.39. The lowest BCUT2D eigenvalue weighted by Gasteiger charge is -2.23. The van der Waals surface area contributed by atoms with Crippen LogP contribution in [-0.2, 0) is 4.74 Å². The molecule has 1 saturated carbocycles. The first-order valence-electron chi connectivity index (χ1n) is 6.62. The minimum atomic E-state index is 0.809. The molecule has 0 amide bonds. The molecule has 1 rings (SSSR count). The summed E-state index contributed by atoms with van der Waals surface area (Å²) in [5.74, 6) is 1.87. The number of hydrogen-bond donors (Lipinski definition) is 1. The number of hydrogen-bond acceptors (Lipinski definition) is 3. The maximum Gasteiger partial charge on any atom is 0.0587 e. The molecule has 2 unspecified atom stereocenters. The Hall–Kier alpha value is -0.120. The van der Waals surface area contributed by atoms with Crippen molar-refractivity contribution in [3.63, 3.8) is 0 Å². The third kappa shape index (κ3) is 5.28. The number of rotatable bonds is 8. The second-order valence-corrected chi connectivity index (χ2v) is 5.17. The molecule has 0 saturated heterocycles. The first-order valence-corrected chi connectivity index (χ1v) is 6.62. The van der Waals surface area contributed by atoms with Gasteiger partial charge in [-0.25, -0.2) is 0 Å². The molecule has 0 aliphatic heterocycles. The Morgan fingerprint density at radius 1 is 1.31 bits per heavy atom. The number of methoxy groups -OCH3 is 1. The zero-order valence-electron chi connectivity index (χ0n) is 11.2. The molecule has 0 aromatic heterocycles. The fourth-order valence-electron chi connectivity index (χ4n) is 2.55. The first-order chi connectivity index (χ1) is 7.74. The summed E-state index contributed by atoms with van der Waals surface area (Å²) in [7, 11) is 3.98. The van der Waals surface area contributed by atoms with Gasteiger partial charge in [-0.2, -0.15) is 0 Å². The predicted molar refractivity (Wildman–Crippen MR) is 68.7 cm³/mol. The maximum atomic E-state index is 4.99. The van der Waals surface area contributed by atoms with Crippen LogP contribution in [0.1, 0.15) is 26.2 Å². The van der Waals surface area contributed by atoms with E-state index in [1.807, 2.05) is 0 Å². The second kappa shape index (κ2) is 8.04. The fraction of sp³-hybridized carbons (Fsp3) is 1.00. The van der Waals surface area contributed by atoms with Crippen LogP contribution < -0.4 is 5.32 Å². The van der Waals surface area contributed by atoms with Gasteiger partial charge in [-0.3, -0.25) is 0 Å². The molecule has 0 aromatic carbocycles. The van der Waals surface area contributed by atoms with E-state index < -0.39 is 0 Å². The van der Waals surface area contributed by atoms with Gasteiger partial charge in [0.2, 0.25) is 0 Å². The van der Waals surface area contributed by atoms with E-state index in [0.29, 0.717) is 0 Å². The summed E-state index contributed by atoms with van der Waals surface area (Å²) in [6, 6.07) is 0. The SMILES string of the molecule is COCCNCCN(C)CC1CCCC1C. The molecule has 16 heavy (non-hydrogen) atoms. The fourth-order valence-corrected chi connectivity index (χ4v) is 2.55. The standard InChI is InChI=1S/C13H28N2O/c1-12-5-4-6-13(12)11-15(2)9-7-14-8-10-16-3/h12-14H,4-11H2,1-3H3. The van der Waals surface area contributed by atoms with Gasteiger partial charge >= 0.3 is 0 Å². The number of nitrogens with zero attached hydrogens (tertiary/aromatic N) is 1. The van der Waals surface area contributed by atoms with Crippen molar-refractivity contribution in [1.82, 2.24) is 10.2 Å². The Bertz CT molecular complexity index is 175. The van der Waals surface area contributed by atoms with Crippen LogP contribution in [0.4, 0.5) is 0 Å². The smallest absolute Gasteiger partial charge is 0.0587 e. The van der Waals surface area contributed by atoms with Gasteiger partial charge in [0, 0.05) is 33.3 Å². The van der Waals surface area contributed by atoms with Crippen LogP contribution in [0.2, 0.25) is 0 Å². The third-order valence-corrected chi connectivity index (χ3v) is 3.74. The van der Waals surface area contributed by atoms with Crippen LogP contribution in [0.15, 0.2) is 0 Å². The van der Waals surface area contributed by atoms with Gasteiger partial charge in [0.05, 0.1) is 6.61 Å². The zero-order valence-corrected chi connectivity index (χ0v) is 11.2. The number of nitrogens with one attached hydrogen (secondary N) is 1. The zero-order chi connectivity index (χ0) is 11.8. The lowest BCUT2D eigenvalue weighted by Crippen LogP contribution is -2.34. The van der Waals surface area contributed by atoms with Crippen molar-refractivity contribution in [3.8, 4) is 0 Å². The van der Waals surface area contributed by atoms with Crippen molar-refractivity contribution in [1.29, 1.82) is 0 Å². The largest absolute Gasteiger partial charge is 0.383 e. The monoisotopic (exact) mass is 228 g/mol. The van der Waals surface area contributed by atoms with E-state index in [0.717, 1.165) is 38.1 Å². The summed E-state index contributed by atoms with van der Waals surface area (Å²) < 4.78 is 4.99. The Morgan fingerprint density at radius 3 is 2.75 bits per heavy atom. The number of likely N-dealkylation sites (N-methyl/N-ethyl adjacent to an activating group) is 1. The first kappa shape index (κ1) is 13.9. The maximum absolute atomic E-state index is 4.99. The van der Waals surface area contributed by atoms with Crippen molar-refractivity contribution in [3.05, 3.63) is 0 Å². The predicted octanol–water partition coefficient (Wildman–Crippen LogP) is 1.59. The van der Waals surface area contributed by atoms with Crippen molar-refractivity contribution in [2.45, 2.75) is 26.2 Å². The summed E-state index contributed by atoms with van der Waals surface area (Å²) in [6.45, 7) is 7.66. The van der Waals surface area contributed by atoms with Gasteiger partial charge in [-0.1, -0.05) is 19.8 Å². The van der Waals surface area contributed by atoms with Gasteiger partial charge < -0.3 is 15.0 Å². The topological polar surface area (TPSA) is 24.5 Å². The van der Waals surface area contributed by atoms with Gasteiger partial charge in [-0.05, 0) is 25.3 Å². The van der Waals surface area contributed by atoms with Gasteiger partial charge in [0.1, 0.15) is 0 Å². The molecule has 2 atom stereocenters. The minimum Gasteiger partial charge on any atom is -0.383 e. The Kier molecular flexibility index (Phi) is 7.01. The molecular formula is C13H28N2O. The van der Waals surface area contributed by atoms with Crippen LogP contribution in [0.25, 0.3) is 0 Å². The quantitative estimate of drug-likeness (QED) is 0.639. The Balaban J connectivity index is 1.99. The molecule has 1 aliphatic carbocycles. The van der Waals surface area contributed by atoms with Gasteiger partial charge in [-0.15, -0.1) is 0 Å². The molecule has 1 fully saturated rings. The second-order valence-electron chi connectivity index (χ2n) is 5.17. The van der Waals surface area contributed by atoms with Crippen LogP contribution in [0, 0.1) is 11.8 Å². The van der Waals surface area contributed by atoms with E-state index in [4.69, 9.17) is 4.74 Å². The van der Waals surface area contributed by atoms with E-state index in [1.54, 1.807) is 7.11 Å². The van der Waals surface area contributed by atoms with Crippen LogP contribution in [-0.4, -0.2) is 51.8 Å². The van der Waals surface area contributed by atoms with Crippen molar-refractivity contribution >= 4 is 0 Å². The molecule has 3 heteroatoms. The lowest BCUT2D eigenvalue weighted by molar-refractivity contribution is 0.196. The number of ether oxygens (including phenoxy) is 1. The van der Waals surface area contributed by atoms with E-state index in [2.05, 4.69) is 24.2 Å². The highest BCUT2D eigenvalue weighted by atomic mass is 16.5. The van der Waals surface area contributed by atoms with Crippen LogP contribution in [0.3, 0.4) is 0 Å². The normalized spacial score (nSPS) is 25.5. The highest BCUT2D eigenvalue weighted by molar-refractivity contribution is 4.76. The summed E-state index contributed by atoms with van der Waals surface area (Å²) in [5.41, 5.74) is 0. The Morgan fingerprint density at radius 2 is 2.12 bits per heavy atom. The van der Waals surface area contributed by atoms with E-state index in [1.165, 1.54) is 25.8 Å².